The Morgan fingerprint density at radius 2 is 1.20 bits per heavy atom. The number of aliphatic hydroxyl groups excluding tert-OH is 2. The van der Waals surface area contributed by atoms with Crippen molar-refractivity contribution in [3.63, 3.8) is 0 Å². The lowest BCUT2D eigenvalue weighted by Crippen LogP contribution is -2.96. The number of hydrogen-bond acceptors (Lipinski definition) is 33. The van der Waals surface area contributed by atoms with E-state index in [1.165, 1.54) is 7.11 Å². The molecular weight excluding hydrogens is 1140 g/mol. The predicted molar refractivity (Wildman–Crippen MR) is 250 cm³/mol. The molecule has 2 aliphatic carbocycles. The van der Waals surface area contributed by atoms with Gasteiger partial charge in [-0.15, -0.1) is 0 Å². The fraction of sp³-hybridized carbons (Fsp3) is 0.400. The van der Waals surface area contributed by atoms with Crippen LogP contribution in [0.2, 0.25) is 0 Å². The van der Waals surface area contributed by atoms with Gasteiger partial charge in [0.25, 0.3) is 11.6 Å². The van der Waals surface area contributed by atoms with Crippen molar-refractivity contribution in [2.45, 2.75) is 77.1 Å². The van der Waals surface area contributed by atoms with Crippen LogP contribution in [0.25, 0.3) is 11.1 Å². The Labute approximate surface area is 463 Å². The van der Waals surface area contributed by atoms with Crippen LogP contribution in [-0.2, 0) is 47.5 Å². The van der Waals surface area contributed by atoms with Crippen LogP contribution < -0.4 is 18.9 Å². The minimum absolute atomic E-state index is 0.111. The first-order valence-electron chi connectivity index (χ1n) is 24.3. The van der Waals surface area contributed by atoms with Gasteiger partial charge in [0.05, 0.1) is 62.0 Å². The maximum Gasteiger partial charge on any atom is 0.343 e. The van der Waals surface area contributed by atoms with Gasteiger partial charge < -0.3 is 139 Å². The molecule has 0 amide bonds. The smallest absolute Gasteiger partial charge is 0.343 e. The number of benzene rings is 4. The van der Waals surface area contributed by atoms with Gasteiger partial charge in [-0.1, -0.05) is 0 Å². The van der Waals surface area contributed by atoms with E-state index in [1.54, 1.807) is 0 Å². The number of carboxylic acids is 1. The number of aliphatic hydroxyl groups is 7. The van der Waals surface area contributed by atoms with Crippen molar-refractivity contribution < 1.29 is 167 Å². The highest BCUT2D eigenvalue weighted by Gasteiger charge is 3.12. The van der Waals surface area contributed by atoms with E-state index >= 15 is 14.4 Å². The van der Waals surface area contributed by atoms with Crippen LogP contribution in [-0.4, -0.2) is 223 Å². The lowest BCUT2D eigenvalue weighted by molar-refractivity contribution is -0.606. The molecule has 1 spiro atoms. The average molecular weight is 1190 g/mol. The van der Waals surface area contributed by atoms with Gasteiger partial charge in [-0.3, -0.25) is 4.79 Å². The van der Waals surface area contributed by atoms with E-state index in [0.29, 0.717) is 18.2 Å². The molecule has 34 heteroatoms. The summed E-state index contributed by atoms with van der Waals surface area (Å²) in [6.07, 6.45) is -16.8. The molecule has 0 unspecified atom stereocenters. The lowest BCUT2D eigenvalue weighted by atomic mass is 9.45. The van der Waals surface area contributed by atoms with Crippen molar-refractivity contribution in [3.05, 3.63) is 58.1 Å². The number of fused-ring (bicyclic) bond motifs is 3. The van der Waals surface area contributed by atoms with Gasteiger partial charge in [-0.25, -0.2) is 24.0 Å². The number of carbonyl (C=O) groups is 6. The number of aromatic hydroxyl groups is 8. The maximum atomic E-state index is 16.5. The summed E-state index contributed by atoms with van der Waals surface area (Å²) in [5.41, 5.74) is -20.7. The van der Waals surface area contributed by atoms with Gasteiger partial charge in [-0.05, 0) is 30.3 Å². The SMILES string of the molecule is COc1cc(C(=O)O[C@@H]2O[C@@H]3COC(=O)c4cc(O)c(O)c(O)c4-c4c(cc(O)c(O)c4O)C(=O)O[C@@H]4[C@H]2OC(=O)[C@@]25[C@H]6c7c(cc(O)c(O)c7O[C@@]6(O)[C@]6(O)O[C@]2(C(=O)O)[C@]2(O)O[C@]6(O)[C@H]5[C@]2(O)[C@@H](O)CO)C(=O)O[C@@H]43)cc(OC)c1OC. The lowest BCUT2D eigenvalue weighted by Gasteiger charge is -2.72. The highest BCUT2D eigenvalue weighted by Crippen LogP contribution is 2.88. The summed E-state index contributed by atoms with van der Waals surface area (Å²) < 4.78 is 67.9. The molecular formula is C50H42O34. The largest absolute Gasteiger partial charge is 0.504 e. The van der Waals surface area contributed by atoms with E-state index in [1.807, 2.05) is 0 Å². The zero-order valence-corrected chi connectivity index (χ0v) is 42.4. The van der Waals surface area contributed by atoms with Crippen LogP contribution in [0.5, 0.6) is 69.0 Å². The average Bonchev–Trinajstić information content (AvgIpc) is 1.37. The number of aliphatic carboxylic acids is 1. The van der Waals surface area contributed by atoms with Crippen LogP contribution in [0, 0.1) is 11.3 Å². The third kappa shape index (κ3) is 6.03. The zero-order valence-electron chi connectivity index (χ0n) is 42.4. The summed E-state index contributed by atoms with van der Waals surface area (Å²) in [7, 11) is 3.44. The second kappa shape index (κ2) is 17.2. The third-order valence-corrected chi connectivity index (χ3v) is 16.7. The molecule has 10 aliphatic rings. The van der Waals surface area contributed by atoms with Crippen molar-refractivity contribution in [1.82, 2.24) is 0 Å². The Morgan fingerprint density at radius 3 is 1.76 bits per heavy atom. The molecule has 34 nitrogen and oxygen atoms in total. The molecule has 7 fully saturated rings. The molecule has 4 aromatic rings. The number of methoxy groups -OCH3 is 3. The van der Waals surface area contributed by atoms with E-state index in [4.69, 9.17) is 56.8 Å². The molecule has 10 bridgehead atoms. The minimum Gasteiger partial charge on any atom is -0.504 e. The number of hydrogen-bond donors (Lipinski definition) is 16. The van der Waals surface area contributed by atoms with Crippen LogP contribution in [0.15, 0.2) is 30.3 Å². The van der Waals surface area contributed by atoms with Gasteiger partial charge in [0, 0.05) is 16.7 Å². The molecule has 15 atom stereocenters. The third-order valence-electron chi connectivity index (χ3n) is 16.7. The first-order valence-corrected chi connectivity index (χ1v) is 24.3. The second-order valence-electron chi connectivity index (χ2n) is 20.4. The van der Waals surface area contributed by atoms with Crippen molar-refractivity contribution in [3.8, 4) is 80.1 Å². The Morgan fingerprint density at radius 1 is 0.655 bits per heavy atom. The van der Waals surface area contributed by atoms with E-state index in [2.05, 4.69) is 0 Å². The Balaban J connectivity index is 1.16. The van der Waals surface area contributed by atoms with Crippen LogP contribution in [0.3, 0.4) is 0 Å². The normalized spacial score (nSPS) is 35.7. The molecule has 8 heterocycles. The van der Waals surface area contributed by atoms with Gasteiger partial charge >= 0.3 is 35.8 Å². The zero-order chi connectivity index (χ0) is 61.0. The van der Waals surface area contributed by atoms with Gasteiger partial charge in [0.2, 0.25) is 52.6 Å². The summed E-state index contributed by atoms with van der Waals surface area (Å²) in [5, 5.41) is 186. The fourth-order valence-electron chi connectivity index (χ4n) is 13.3. The number of esters is 5. The predicted octanol–water partition coefficient (Wildman–Crippen LogP) is -3.72. The molecule has 14 rings (SSSR count). The second-order valence-corrected chi connectivity index (χ2v) is 20.4. The Hall–Kier alpha value is -9.10. The molecule has 16 N–H and O–H groups in total. The molecule has 446 valence electrons. The topological polar surface area (TPSA) is 537 Å². The van der Waals surface area contributed by atoms with Crippen molar-refractivity contribution in [1.29, 1.82) is 0 Å². The monoisotopic (exact) mass is 1190 g/mol. The fourth-order valence-corrected chi connectivity index (χ4v) is 13.3. The van der Waals surface area contributed by atoms with E-state index < -0.39 is 228 Å². The minimum atomic E-state index is -4.45. The molecule has 0 radical (unpaired) electrons. The molecule has 2 saturated carbocycles. The highest BCUT2D eigenvalue weighted by molar-refractivity contribution is 6.09. The van der Waals surface area contributed by atoms with Gasteiger partial charge in [0.15, 0.2) is 63.8 Å². The summed E-state index contributed by atoms with van der Waals surface area (Å²) in [5.74, 6) is -49.9. The van der Waals surface area contributed by atoms with Crippen molar-refractivity contribution >= 4 is 35.8 Å². The molecule has 8 aliphatic heterocycles. The molecule has 4 aromatic carbocycles. The van der Waals surface area contributed by atoms with Gasteiger partial charge in [-0.2, -0.15) is 0 Å². The van der Waals surface area contributed by atoms with E-state index in [9.17, 15) is 96.1 Å². The van der Waals surface area contributed by atoms with Crippen molar-refractivity contribution in [2.24, 2.45) is 11.3 Å². The molecule has 84 heavy (non-hydrogen) atoms. The highest BCUT2D eigenvalue weighted by atomic mass is 16.9. The van der Waals surface area contributed by atoms with Gasteiger partial charge in [0.1, 0.15) is 24.2 Å². The standard InChI is InChI=1S/C50H42O34/c1-73-18-4-11(5-19(74-2)30(18)75-3)36(61)81-40-34-33-31(20(77-40)10-76-37(62)12-6-15(52)25(56)28(59)22(12)23-13(38(63)79-33)7-16(53)26(57)29(23)60)78-39(64)14-8-17(54)27(58)32-24(14)35-44(43(67)80-34)41-45(68,21(55)9-51)49(71)46(44,42(65)66)83-50(72,47(35,69)82-32)48(41,70)84-49/h4-8,20-21,31,33-35,40-41,51-60,68-72H,9-10H2,1-3H3,(H,65,66)/t20-,21+,31-,33+,34-,35-,40+,41-,44+,45-,46+,47-,48-,49-,50+/m1/s1. The first kappa shape index (κ1) is 55.4. The maximum absolute atomic E-state index is 16.5. The van der Waals surface area contributed by atoms with E-state index in [-0.39, 0.29) is 17.2 Å². The number of carboxylic acid groups (broad SMARTS) is 1. The number of carbonyl (C=O) groups excluding carboxylic acids is 5. The first-order chi connectivity index (χ1) is 39.4. The summed E-state index contributed by atoms with van der Waals surface area (Å²) in [6, 6.07) is 2.97. The van der Waals surface area contributed by atoms with E-state index in [0.717, 1.165) is 26.4 Å². The molecule has 5 saturated heterocycles. The van der Waals surface area contributed by atoms with Crippen LogP contribution >= 0.6 is 0 Å². The number of ether oxygens (including phenoxy) is 12. The number of rotatable bonds is 8. The Bertz CT molecular complexity index is 3670. The summed E-state index contributed by atoms with van der Waals surface area (Å²) >= 11 is 0. The number of cyclic esters (lactones) is 1. The number of phenolic OH excluding ortho intramolecular Hbond substituents is 8. The molecule has 0 aromatic heterocycles. The van der Waals surface area contributed by atoms with Crippen LogP contribution in [0.4, 0.5) is 0 Å². The van der Waals surface area contributed by atoms with Crippen LogP contribution in [0.1, 0.15) is 52.9 Å². The quantitative estimate of drug-likeness (QED) is 0.0458. The summed E-state index contributed by atoms with van der Waals surface area (Å²) in [6.45, 7) is -3.18. The Kier molecular flexibility index (Phi) is 11.4. The number of phenols is 8. The van der Waals surface area contributed by atoms with Crippen molar-refractivity contribution in [2.75, 3.05) is 34.5 Å². The summed E-state index contributed by atoms with van der Waals surface area (Å²) in [4.78, 5) is 90.4.